The summed E-state index contributed by atoms with van der Waals surface area (Å²) in [6, 6.07) is 11.7. The second kappa shape index (κ2) is 7.37. The molecule has 0 spiro atoms. The number of carbonyl (C=O) groups excluding carboxylic acids is 1. The standard InChI is InChI=1S/C18H19N3O/c1-14-6-7-15(2)17(11-14)18(22)21(10-4-8-19)13-16-5-3-9-20-12-16/h3,5-7,9,11-12H,4,10,13H2,1-2H3. The average Bonchev–Trinajstić information content (AvgIpc) is 2.54. The summed E-state index contributed by atoms with van der Waals surface area (Å²) in [6.07, 6.45) is 3.77. The number of hydrogen-bond donors (Lipinski definition) is 0. The van der Waals surface area contributed by atoms with Gasteiger partial charge in [0.25, 0.3) is 5.91 Å². The van der Waals surface area contributed by atoms with Crippen molar-refractivity contribution in [2.75, 3.05) is 6.54 Å². The third-order valence-electron chi connectivity index (χ3n) is 3.50. The molecule has 0 N–H and O–H groups in total. The molecule has 0 aliphatic carbocycles. The van der Waals surface area contributed by atoms with Gasteiger partial charge in [0.15, 0.2) is 0 Å². The summed E-state index contributed by atoms with van der Waals surface area (Å²) in [5, 5.41) is 8.83. The van der Waals surface area contributed by atoms with Gasteiger partial charge in [-0.15, -0.1) is 0 Å². The van der Waals surface area contributed by atoms with E-state index in [1.807, 2.05) is 44.2 Å². The molecule has 1 aromatic carbocycles. The van der Waals surface area contributed by atoms with E-state index < -0.39 is 0 Å². The second-order valence-corrected chi connectivity index (χ2v) is 5.31. The van der Waals surface area contributed by atoms with Crippen LogP contribution in [0.4, 0.5) is 0 Å². The summed E-state index contributed by atoms with van der Waals surface area (Å²) >= 11 is 0. The molecule has 0 atom stereocenters. The minimum Gasteiger partial charge on any atom is -0.333 e. The van der Waals surface area contributed by atoms with Crippen molar-refractivity contribution in [3.8, 4) is 6.07 Å². The summed E-state index contributed by atoms with van der Waals surface area (Å²) in [4.78, 5) is 18.6. The predicted octanol–water partition coefficient (Wildman–Crippen LogP) is 3.25. The Morgan fingerprint density at radius 1 is 1.32 bits per heavy atom. The Balaban J connectivity index is 2.26. The van der Waals surface area contributed by atoms with Gasteiger partial charge in [0, 0.05) is 31.0 Å². The number of benzene rings is 1. The Labute approximate surface area is 131 Å². The molecule has 2 aromatic rings. The Morgan fingerprint density at radius 3 is 2.82 bits per heavy atom. The molecule has 0 saturated carbocycles. The van der Waals surface area contributed by atoms with Crippen LogP contribution in [0.25, 0.3) is 0 Å². The monoisotopic (exact) mass is 293 g/mol. The highest BCUT2D eigenvalue weighted by Gasteiger charge is 2.18. The molecule has 4 heteroatoms. The molecule has 112 valence electrons. The van der Waals surface area contributed by atoms with Gasteiger partial charge in [-0.2, -0.15) is 5.26 Å². The summed E-state index contributed by atoms with van der Waals surface area (Å²) in [5.41, 5.74) is 3.65. The fourth-order valence-corrected chi connectivity index (χ4v) is 2.29. The highest BCUT2D eigenvalue weighted by molar-refractivity contribution is 5.95. The van der Waals surface area contributed by atoms with Gasteiger partial charge in [0.1, 0.15) is 0 Å². The predicted molar refractivity (Wildman–Crippen MR) is 85.1 cm³/mol. The SMILES string of the molecule is Cc1ccc(C)c(C(=O)N(CCC#N)Cc2cccnc2)c1. The van der Waals surface area contributed by atoms with Crippen molar-refractivity contribution in [3.63, 3.8) is 0 Å². The molecule has 0 saturated heterocycles. The van der Waals surface area contributed by atoms with Gasteiger partial charge in [-0.1, -0.05) is 23.8 Å². The van der Waals surface area contributed by atoms with Crippen LogP contribution in [0.3, 0.4) is 0 Å². The lowest BCUT2D eigenvalue weighted by atomic mass is 10.0. The highest BCUT2D eigenvalue weighted by atomic mass is 16.2. The number of nitrogens with zero attached hydrogens (tertiary/aromatic N) is 3. The van der Waals surface area contributed by atoms with E-state index >= 15 is 0 Å². The third-order valence-corrected chi connectivity index (χ3v) is 3.50. The van der Waals surface area contributed by atoms with E-state index in [1.165, 1.54) is 0 Å². The Bertz CT molecular complexity index is 689. The van der Waals surface area contributed by atoms with Crippen LogP contribution in [0.1, 0.15) is 33.5 Å². The lowest BCUT2D eigenvalue weighted by molar-refractivity contribution is 0.0746. The number of carbonyl (C=O) groups is 1. The van der Waals surface area contributed by atoms with Gasteiger partial charge in [-0.05, 0) is 37.1 Å². The maximum absolute atomic E-state index is 12.8. The van der Waals surface area contributed by atoms with Crippen molar-refractivity contribution in [1.82, 2.24) is 9.88 Å². The van der Waals surface area contributed by atoms with Crippen molar-refractivity contribution in [2.45, 2.75) is 26.8 Å². The van der Waals surface area contributed by atoms with Crippen molar-refractivity contribution in [2.24, 2.45) is 0 Å². The van der Waals surface area contributed by atoms with Crippen LogP contribution in [-0.2, 0) is 6.54 Å². The lowest BCUT2D eigenvalue weighted by Gasteiger charge is -2.22. The number of hydrogen-bond acceptors (Lipinski definition) is 3. The van der Waals surface area contributed by atoms with Crippen molar-refractivity contribution >= 4 is 5.91 Å². The summed E-state index contributed by atoms with van der Waals surface area (Å²) in [7, 11) is 0. The van der Waals surface area contributed by atoms with Crippen molar-refractivity contribution in [3.05, 3.63) is 65.0 Å². The largest absolute Gasteiger partial charge is 0.333 e. The van der Waals surface area contributed by atoms with Gasteiger partial charge in [-0.3, -0.25) is 9.78 Å². The summed E-state index contributed by atoms with van der Waals surface area (Å²) in [6.45, 7) is 4.77. The van der Waals surface area contributed by atoms with Gasteiger partial charge >= 0.3 is 0 Å². The van der Waals surface area contributed by atoms with Gasteiger partial charge in [0.2, 0.25) is 0 Å². The molecule has 0 aliphatic heterocycles. The number of pyridine rings is 1. The molecule has 1 amide bonds. The molecule has 0 unspecified atom stereocenters. The Hall–Kier alpha value is -2.67. The summed E-state index contributed by atoms with van der Waals surface area (Å²) < 4.78 is 0. The maximum atomic E-state index is 12.8. The molecular weight excluding hydrogens is 274 g/mol. The van der Waals surface area contributed by atoms with E-state index in [1.54, 1.807) is 17.3 Å². The lowest BCUT2D eigenvalue weighted by Crippen LogP contribution is -2.32. The fourth-order valence-electron chi connectivity index (χ4n) is 2.29. The van der Waals surface area contributed by atoms with Gasteiger partial charge in [-0.25, -0.2) is 0 Å². The van der Waals surface area contributed by atoms with Crippen molar-refractivity contribution in [1.29, 1.82) is 5.26 Å². The first kappa shape index (κ1) is 15.7. The maximum Gasteiger partial charge on any atom is 0.254 e. The van der Waals surface area contributed by atoms with Crippen LogP contribution in [0, 0.1) is 25.2 Å². The normalized spacial score (nSPS) is 10.0. The fraction of sp³-hybridized carbons (Fsp3) is 0.278. The van der Waals surface area contributed by atoms with Crippen LogP contribution in [0.5, 0.6) is 0 Å². The van der Waals surface area contributed by atoms with Crippen LogP contribution in [-0.4, -0.2) is 22.3 Å². The molecule has 1 aromatic heterocycles. The molecule has 0 bridgehead atoms. The third kappa shape index (κ3) is 3.92. The molecular formula is C18H19N3O. The van der Waals surface area contributed by atoms with E-state index in [-0.39, 0.29) is 5.91 Å². The minimum atomic E-state index is -0.0414. The van der Waals surface area contributed by atoms with E-state index in [0.29, 0.717) is 25.1 Å². The second-order valence-electron chi connectivity index (χ2n) is 5.31. The molecule has 2 rings (SSSR count). The average molecular weight is 293 g/mol. The van der Waals surface area contributed by atoms with E-state index in [4.69, 9.17) is 5.26 Å². The Morgan fingerprint density at radius 2 is 2.14 bits per heavy atom. The molecule has 0 fully saturated rings. The number of aromatic nitrogens is 1. The first-order valence-electron chi connectivity index (χ1n) is 7.24. The number of amides is 1. The number of rotatable bonds is 5. The molecule has 22 heavy (non-hydrogen) atoms. The van der Waals surface area contributed by atoms with Crippen molar-refractivity contribution < 1.29 is 4.79 Å². The smallest absolute Gasteiger partial charge is 0.254 e. The zero-order chi connectivity index (χ0) is 15.9. The quantitative estimate of drug-likeness (QED) is 0.850. The molecule has 1 heterocycles. The van der Waals surface area contributed by atoms with E-state index in [2.05, 4.69) is 11.1 Å². The van der Waals surface area contributed by atoms with E-state index in [0.717, 1.165) is 16.7 Å². The molecule has 4 nitrogen and oxygen atoms in total. The zero-order valence-corrected chi connectivity index (χ0v) is 12.9. The van der Waals surface area contributed by atoms with Crippen LogP contribution in [0.15, 0.2) is 42.7 Å². The van der Waals surface area contributed by atoms with Gasteiger partial charge < -0.3 is 4.90 Å². The first-order valence-corrected chi connectivity index (χ1v) is 7.24. The Kier molecular flexibility index (Phi) is 5.26. The number of nitriles is 1. The van der Waals surface area contributed by atoms with E-state index in [9.17, 15) is 4.79 Å². The topological polar surface area (TPSA) is 57.0 Å². The molecule has 0 aliphatic rings. The molecule has 0 radical (unpaired) electrons. The van der Waals surface area contributed by atoms with Crippen LogP contribution >= 0.6 is 0 Å². The zero-order valence-electron chi connectivity index (χ0n) is 12.9. The van der Waals surface area contributed by atoms with Crippen LogP contribution < -0.4 is 0 Å². The number of aryl methyl sites for hydroxylation is 2. The summed E-state index contributed by atoms with van der Waals surface area (Å²) in [5.74, 6) is -0.0414. The van der Waals surface area contributed by atoms with Crippen LogP contribution in [0.2, 0.25) is 0 Å². The van der Waals surface area contributed by atoms with Gasteiger partial charge in [0.05, 0.1) is 12.5 Å². The first-order chi connectivity index (χ1) is 10.6. The highest BCUT2D eigenvalue weighted by Crippen LogP contribution is 2.15. The minimum absolute atomic E-state index is 0.0414.